The average molecular weight is 398 g/mol. The topological polar surface area (TPSA) is 82.3 Å². The van der Waals surface area contributed by atoms with Crippen molar-refractivity contribution in [2.75, 3.05) is 18.4 Å². The molecule has 146 valence electrons. The number of sulfonamides is 1. The van der Waals surface area contributed by atoms with Crippen molar-refractivity contribution in [1.82, 2.24) is 9.29 Å². The molecule has 7 heteroatoms. The predicted octanol–water partition coefficient (Wildman–Crippen LogP) is 3.69. The first-order valence-corrected chi connectivity index (χ1v) is 10.8. The Labute approximate surface area is 164 Å². The lowest BCUT2D eigenvalue weighted by atomic mass is 9.96. The van der Waals surface area contributed by atoms with Crippen LogP contribution in [0.5, 0.6) is 0 Å². The minimum atomic E-state index is -3.57. The number of aromatic nitrogens is 1. The summed E-state index contributed by atoms with van der Waals surface area (Å²) in [6.45, 7) is 2.40. The SMILES string of the molecule is CC(=O)Nc1ccc(S(=O)(=O)N2CCCC(c3cc4ccccc4[nH]3)C2)cc1. The zero-order valence-corrected chi connectivity index (χ0v) is 16.5. The van der Waals surface area contributed by atoms with Gasteiger partial charge in [0.15, 0.2) is 0 Å². The molecule has 0 spiro atoms. The summed E-state index contributed by atoms with van der Waals surface area (Å²) in [6, 6.07) is 16.5. The Morgan fingerprint density at radius 3 is 2.61 bits per heavy atom. The second kappa shape index (κ2) is 7.41. The van der Waals surface area contributed by atoms with Crippen LogP contribution in [-0.2, 0) is 14.8 Å². The van der Waals surface area contributed by atoms with Gasteiger partial charge in [0.1, 0.15) is 0 Å². The molecule has 6 nitrogen and oxygen atoms in total. The number of para-hydroxylation sites is 1. The largest absolute Gasteiger partial charge is 0.358 e. The van der Waals surface area contributed by atoms with Crippen molar-refractivity contribution in [3.05, 3.63) is 60.3 Å². The summed E-state index contributed by atoms with van der Waals surface area (Å²) in [5, 5.41) is 3.80. The number of H-pyrrole nitrogens is 1. The fraction of sp³-hybridized carbons (Fsp3) is 0.286. The Hall–Kier alpha value is -2.64. The highest BCUT2D eigenvalue weighted by Crippen LogP contribution is 2.31. The Bertz CT molecular complexity index is 1070. The number of anilines is 1. The molecule has 0 radical (unpaired) electrons. The number of hydrogen-bond donors (Lipinski definition) is 2. The molecule has 1 amide bonds. The van der Waals surface area contributed by atoms with E-state index in [-0.39, 0.29) is 16.7 Å². The van der Waals surface area contributed by atoms with Crippen LogP contribution < -0.4 is 5.32 Å². The van der Waals surface area contributed by atoms with Gasteiger partial charge in [-0.1, -0.05) is 18.2 Å². The van der Waals surface area contributed by atoms with E-state index in [1.54, 1.807) is 28.6 Å². The molecule has 2 N–H and O–H groups in total. The molecule has 1 aliphatic rings. The highest BCUT2D eigenvalue weighted by atomic mass is 32.2. The third kappa shape index (κ3) is 3.68. The number of aromatic amines is 1. The van der Waals surface area contributed by atoms with E-state index in [2.05, 4.69) is 22.4 Å². The van der Waals surface area contributed by atoms with E-state index in [0.717, 1.165) is 29.4 Å². The van der Waals surface area contributed by atoms with E-state index in [0.29, 0.717) is 18.8 Å². The zero-order valence-electron chi connectivity index (χ0n) is 15.7. The molecule has 1 atom stereocenters. The minimum absolute atomic E-state index is 0.148. The summed E-state index contributed by atoms with van der Waals surface area (Å²) in [5.74, 6) is -0.0395. The van der Waals surface area contributed by atoms with Crippen LogP contribution in [0.2, 0.25) is 0 Å². The van der Waals surface area contributed by atoms with Crippen molar-refractivity contribution in [2.24, 2.45) is 0 Å². The van der Waals surface area contributed by atoms with Gasteiger partial charge in [-0.15, -0.1) is 0 Å². The van der Waals surface area contributed by atoms with Crippen LogP contribution in [0.4, 0.5) is 5.69 Å². The van der Waals surface area contributed by atoms with E-state index in [1.807, 2.05) is 18.2 Å². The van der Waals surface area contributed by atoms with Gasteiger partial charge < -0.3 is 10.3 Å². The summed E-state index contributed by atoms with van der Waals surface area (Å²) >= 11 is 0. The number of nitrogens with one attached hydrogen (secondary N) is 2. The fourth-order valence-electron chi connectivity index (χ4n) is 3.79. The standard InChI is InChI=1S/C21H23N3O3S/c1-15(25)22-18-8-10-19(11-9-18)28(26,27)24-12-4-6-17(14-24)21-13-16-5-2-3-7-20(16)23-21/h2-3,5,7-11,13,17,23H,4,6,12,14H2,1H3,(H,22,25). The highest BCUT2D eigenvalue weighted by molar-refractivity contribution is 7.89. The van der Waals surface area contributed by atoms with Gasteiger partial charge in [0, 0.05) is 42.8 Å². The first kappa shape index (κ1) is 18.7. The van der Waals surface area contributed by atoms with Gasteiger partial charge in [0.05, 0.1) is 4.90 Å². The van der Waals surface area contributed by atoms with Crippen LogP contribution >= 0.6 is 0 Å². The second-order valence-corrected chi connectivity index (χ2v) is 9.16. The molecule has 2 heterocycles. The number of hydrogen-bond acceptors (Lipinski definition) is 3. The number of benzene rings is 2. The van der Waals surface area contributed by atoms with E-state index in [1.165, 1.54) is 6.92 Å². The van der Waals surface area contributed by atoms with Gasteiger partial charge in [-0.25, -0.2) is 8.42 Å². The van der Waals surface area contributed by atoms with Gasteiger partial charge in [-0.3, -0.25) is 4.79 Å². The van der Waals surface area contributed by atoms with Gasteiger partial charge >= 0.3 is 0 Å². The summed E-state index contributed by atoms with van der Waals surface area (Å²) < 4.78 is 27.8. The van der Waals surface area contributed by atoms with Crippen LogP contribution in [0.25, 0.3) is 10.9 Å². The highest BCUT2D eigenvalue weighted by Gasteiger charge is 2.31. The first-order valence-electron chi connectivity index (χ1n) is 9.39. The predicted molar refractivity (Wildman–Crippen MR) is 110 cm³/mol. The maximum absolute atomic E-state index is 13.1. The molecule has 0 bridgehead atoms. The molecule has 0 saturated carbocycles. The molecule has 3 aromatic rings. The summed E-state index contributed by atoms with van der Waals surface area (Å²) in [4.78, 5) is 14.8. The van der Waals surface area contributed by atoms with Gasteiger partial charge in [-0.05, 0) is 54.6 Å². The lowest BCUT2D eigenvalue weighted by Gasteiger charge is -2.31. The zero-order chi connectivity index (χ0) is 19.7. The van der Waals surface area contributed by atoms with Crippen LogP contribution in [0.3, 0.4) is 0 Å². The number of amides is 1. The summed E-state index contributed by atoms with van der Waals surface area (Å²) in [6.07, 6.45) is 1.78. The van der Waals surface area contributed by atoms with Crippen molar-refractivity contribution in [2.45, 2.75) is 30.6 Å². The van der Waals surface area contributed by atoms with Crippen molar-refractivity contribution in [1.29, 1.82) is 0 Å². The monoisotopic (exact) mass is 397 g/mol. The first-order chi connectivity index (χ1) is 13.4. The third-order valence-corrected chi connectivity index (χ3v) is 7.07. The smallest absolute Gasteiger partial charge is 0.243 e. The molecule has 28 heavy (non-hydrogen) atoms. The number of piperidine rings is 1. The van der Waals surface area contributed by atoms with E-state index in [4.69, 9.17) is 0 Å². The number of rotatable bonds is 4. The number of fused-ring (bicyclic) bond motifs is 1. The average Bonchev–Trinajstić information content (AvgIpc) is 3.12. The van der Waals surface area contributed by atoms with Gasteiger partial charge in [-0.2, -0.15) is 4.31 Å². The Morgan fingerprint density at radius 1 is 1.14 bits per heavy atom. The Balaban J connectivity index is 1.55. The van der Waals surface area contributed by atoms with Crippen molar-refractivity contribution in [3.8, 4) is 0 Å². The normalized spacial score (nSPS) is 18.2. The maximum Gasteiger partial charge on any atom is 0.243 e. The lowest BCUT2D eigenvalue weighted by molar-refractivity contribution is -0.114. The summed E-state index contributed by atoms with van der Waals surface area (Å²) in [5.41, 5.74) is 2.74. The quantitative estimate of drug-likeness (QED) is 0.704. The Kier molecular flexibility index (Phi) is 4.95. The van der Waals surface area contributed by atoms with Crippen LogP contribution in [0.1, 0.15) is 31.4 Å². The molecule has 1 saturated heterocycles. The molecule has 1 unspecified atom stereocenters. The molecule has 1 aliphatic heterocycles. The molecule has 4 rings (SSSR count). The van der Waals surface area contributed by atoms with E-state index < -0.39 is 10.0 Å². The van der Waals surface area contributed by atoms with Crippen LogP contribution in [0, 0.1) is 0 Å². The van der Waals surface area contributed by atoms with E-state index >= 15 is 0 Å². The van der Waals surface area contributed by atoms with Crippen molar-refractivity contribution in [3.63, 3.8) is 0 Å². The molecular formula is C21H23N3O3S. The Morgan fingerprint density at radius 2 is 1.89 bits per heavy atom. The van der Waals surface area contributed by atoms with Crippen LogP contribution in [-0.4, -0.2) is 36.7 Å². The molecular weight excluding hydrogens is 374 g/mol. The number of nitrogens with zero attached hydrogens (tertiary/aromatic N) is 1. The lowest BCUT2D eigenvalue weighted by Crippen LogP contribution is -2.39. The number of carbonyl (C=O) groups is 1. The van der Waals surface area contributed by atoms with Gasteiger partial charge in [0.25, 0.3) is 0 Å². The molecule has 1 aromatic heterocycles. The van der Waals surface area contributed by atoms with E-state index in [9.17, 15) is 13.2 Å². The second-order valence-electron chi connectivity index (χ2n) is 7.22. The minimum Gasteiger partial charge on any atom is -0.358 e. The third-order valence-electron chi connectivity index (χ3n) is 5.19. The molecule has 0 aliphatic carbocycles. The number of carbonyl (C=O) groups excluding carboxylic acids is 1. The molecule has 2 aromatic carbocycles. The molecule has 1 fully saturated rings. The fourth-order valence-corrected chi connectivity index (χ4v) is 5.32. The maximum atomic E-state index is 13.1. The van der Waals surface area contributed by atoms with Gasteiger partial charge in [0.2, 0.25) is 15.9 Å². The summed E-state index contributed by atoms with van der Waals surface area (Å²) in [7, 11) is -3.57. The van der Waals surface area contributed by atoms with Crippen LogP contribution in [0.15, 0.2) is 59.5 Å². The van der Waals surface area contributed by atoms with Crippen molar-refractivity contribution >= 4 is 32.5 Å². The van der Waals surface area contributed by atoms with Crippen molar-refractivity contribution < 1.29 is 13.2 Å².